The topological polar surface area (TPSA) is 92.3 Å². The van der Waals surface area contributed by atoms with Gasteiger partial charge in [-0.2, -0.15) is 0 Å². The number of carbonyl (C=O) groups excluding carboxylic acids is 2. The average molecular weight is 393 g/mol. The van der Waals surface area contributed by atoms with E-state index in [-0.39, 0.29) is 18.0 Å². The highest BCUT2D eigenvalue weighted by Crippen LogP contribution is 2.38. The normalized spacial score (nSPS) is 15.3. The van der Waals surface area contributed by atoms with E-state index in [0.29, 0.717) is 6.42 Å². The maximum Gasteiger partial charge on any atom is 0.332 e. The number of fused-ring (bicyclic) bond motifs is 2. The van der Waals surface area contributed by atoms with Gasteiger partial charge in [-0.1, -0.05) is 19.4 Å². The van der Waals surface area contributed by atoms with Gasteiger partial charge in [0, 0.05) is 18.5 Å². The van der Waals surface area contributed by atoms with Crippen LogP contribution in [0.15, 0.2) is 6.07 Å². The molecular formula is C20H28N2O4S. The summed E-state index contributed by atoms with van der Waals surface area (Å²) in [6.07, 6.45) is 7.96. The van der Waals surface area contributed by atoms with Crippen molar-refractivity contribution in [3.63, 3.8) is 0 Å². The summed E-state index contributed by atoms with van der Waals surface area (Å²) in [4.78, 5) is 24.0. The van der Waals surface area contributed by atoms with Crippen LogP contribution in [0.4, 0.5) is 10.5 Å². The number of hydrogen-bond acceptors (Lipinski definition) is 4. The third-order valence-corrected chi connectivity index (χ3v) is 6.66. The van der Waals surface area contributed by atoms with Gasteiger partial charge in [0.2, 0.25) is 10.0 Å². The molecule has 27 heavy (non-hydrogen) atoms. The molecule has 2 N–H and O–H groups in total. The number of nitrogens with one attached hydrogen (secondary N) is 2. The van der Waals surface area contributed by atoms with Gasteiger partial charge in [-0.15, -0.1) is 0 Å². The Kier molecular flexibility index (Phi) is 6.19. The molecule has 1 aromatic carbocycles. The van der Waals surface area contributed by atoms with Crippen molar-refractivity contribution in [1.29, 1.82) is 0 Å². The van der Waals surface area contributed by atoms with E-state index in [0.717, 1.165) is 68.2 Å². The predicted octanol–water partition coefficient (Wildman–Crippen LogP) is 3.26. The number of aryl methyl sites for hydroxylation is 2. The minimum atomic E-state index is -3.83. The zero-order chi connectivity index (χ0) is 19.4. The quantitative estimate of drug-likeness (QED) is 0.710. The number of ketones is 1. The molecular weight excluding hydrogens is 364 g/mol. The molecule has 0 heterocycles. The molecule has 0 aromatic heterocycles. The highest BCUT2D eigenvalue weighted by atomic mass is 32.2. The van der Waals surface area contributed by atoms with Crippen LogP contribution in [0.25, 0.3) is 0 Å². The van der Waals surface area contributed by atoms with Crippen LogP contribution in [-0.4, -0.2) is 26.0 Å². The maximum absolute atomic E-state index is 12.4. The van der Waals surface area contributed by atoms with Crippen molar-refractivity contribution in [2.45, 2.75) is 71.1 Å². The monoisotopic (exact) mass is 392 g/mol. The fourth-order valence-corrected chi connectivity index (χ4v) is 4.98. The number of amides is 2. The molecule has 148 valence electrons. The molecule has 0 unspecified atom stereocenters. The standard InChI is InChI=1S/C20H28N2O4S/c1-2-3-8-16(23)11-12-27(25,26)22-20(24)21-19-17-9-4-6-14(17)13-15-7-5-10-18(15)19/h13H,2-12H2,1H3,(H2,21,22,24). The molecule has 2 amide bonds. The summed E-state index contributed by atoms with van der Waals surface area (Å²) in [5.74, 6) is -0.435. The molecule has 0 radical (unpaired) electrons. The SMILES string of the molecule is CCCCC(=O)CCS(=O)(=O)NC(=O)Nc1c2c(cc3c1CCC3)CCC2. The summed E-state index contributed by atoms with van der Waals surface area (Å²) >= 11 is 0. The van der Waals surface area contributed by atoms with Crippen LogP contribution >= 0.6 is 0 Å². The first kappa shape index (κ1) is 19.9. The lowest BCUT2D eigenvalue weighted by molar-refractivity contribution is -0.118. The fraction of sp³-hybridized carbons (Fsp3) is 0.600. The van der Waals surface area contributed by atoms with Gasteiger partial charge in [0.1, 0.15) is 5.78 Å². The molecule has 2 aliphatic carbocycles. The second-order valence-electron chi connectivity index (χ2n) is 7.50. The molecule has 0 aliphatic heterocycles. The van der Waals surface area contributed by atoms with Crippen LogP contribution in [-0.2, 0) is 40.5 Å². The number of hydrogen-bond donors (Lipinski definition) is 2. The fourth-order valence-electron chi connectivity index (χ4n) is 4.05. The molecule has 7 heteroatoms. The Hall–Kier alpha value is -1.89. The van der Waals surface area contributed by atoms with E-state index in [2.05, 4.69) is 16.1 Å². The van der Waals surface area contributed by atoms with Gasteiger partial charge in [-0.3, -0.25) is 4.79 Å². The van der Waals surface area contributed by atoms with Crippen molar-refractivity contribution in [1.82, 2.24) is 4.72 Å². The highest BCUT2D eigenvalue weighted by Gasteiger charge is 2.26. The van der Waals surface area contributed by atoms with Crippen molar-refractivity contribution < 1.29 is 18.0 Å². The second kappa shape index (κ2) is 8.42. The molecule has 0 atom stereocenters. The van der Waals surface area contributed by atoms with Crippen molar-refractivity contribution in [3.8, 4) is 0 Å². The van der Waals surface area contributed by atoms with Crippen molar-refractivity contribution >= 4 is 27.5 Å². The number of rotatable bonds is 8. The third-order valence-electron chi connectivity index (χ3n) is 5.42. The molecule has 0 fully saturated rings. The first-order chi connectivity index (χ1) is 12.9. The van der Waals surface area contributed by atoms with Crippen LogP contribution in [0, 0.1) is 0 Å². The lowest BCUT2D eigenvalue weighted by Crippen LogP contribution is -2.36. The third kappa shape index (κ3) is 4.89. The van der Waals surface area contributed by atoms with E-state index in [1.807, 2.05) is 6.92 Å². The molecule has 0 spiro atoms. The minimum absolute atomic E-state index is 0.0568. The maximum atomic E-state index is 12.4. The Morgan fingerprint density at radius 2 is 1.63 bits per heavy atom. The second-order valence-corrected chi connectivity index (χ2v) is 9.34. The number of benzene rings is 1. The van der Waals surface area contributed by atoms with E-state index in [1.54, 1.807) is 0 Å². The first-order valence-corrected chi connectivity index (χ1v) is 11.5. The van der Waals surface area contributed by atoms with Crippen LogP contribution < -0.4 is 10.0 Å². The molecule has 2 aliphatic rings. The number of urea groups is 1. The summed E-state index contributed by atoms with van der Waals surface area (Å²) < 4.78 is 26.4. The number of unbranched alkanes of at least 4 members (excludes halogenated alkanes) is 1. The largest absolute Gasteiger partial charge is 0.332 e. The van der Waals surface area contributed by atoms with E-state index in [1.165, 1.54) is 11.1 Å². The van der Waals surface area contributed by atoms with Crippen molar-refractivity contribution in [2.75, 3.05) is 11.1 Å². The number of carbonyl (C=O) groups is 2. The van der Waals surface area contributed by atoms with Crippen LogP contribution in [0.3, 0.4) is 0 Å². The average Bonchev–Trinajstić information content (AvgIpc) is 3.26. The number of sulfonamides is 1. The Bertz CT molecular complexity index is 814. The van der Waals surface area contributed by atoms with Crippen LogP contribution in [0.2, 0.25) is 0 Å². The number of Topliss-reactive ketones (excluding diaryl/α,β-unsaturated/α-hetero) is 1. The molecule has 0 saturated heterocycles. The van der Waals surface area contributed by atoms with Crippen LogP contribution in [0.5, 0.6) is 0 Å². The zero-order valence-corrected chi connectivity index (χ0v) is 16.7. The first-order valence-electron chi connectivity index (χ1n) is 9.89. The lowest BCUT2D eigenvalue weighted by atomic mass is 9.99. The Balaban J connectivity index is 1.64. The van der Waals surface area contributed by atoms with Gasteiger partial charge >= 0.3 is 6.03 Å². The summed E-state index contributed by atoms with van der Waals surface area (Å²) in [5.41, 5.74) is 5.66. The summed E-state index contributed by atoms with van der Waals surface area (Å²) in [6, 6.07) is 1.53. The van der Waals surface area contributed by atoms with Gasteiger partial charge in [-0.05, 0) is 67.2 Å². The minimum Gasteiger partial charge on any atom is -0.307 e. The highest BCUT2D eigenvalue weighted by molar-refractivity contribution is 7.90. The van der Waals surface area contributed by atoms with E-state index >= 15 is 0 Å². The zero-order valence-electron chi connectivity index (χ0n) is 15.9. The van der Waals surface area contributed by atoms with Gasteiger partial charge in [0.25, 0.3) is 0 Å². The summed E-state index contributed by atoms with van der Waals surface area (Å²) in [7, 11) is -3.83. The van der Waals surface area contributed by atoms with Gasteiger partial charge in [-0.25, -0.2) is 17.9 Å². The Morgan fingerprint density at radius 1 is 1.00 bits per heavy atom. The van der Waals surface area contributed by atoms with Crippen LogP contribution in [0.1, 0.15) is 67.7 Å². The Morgan fingerprint density at radius 3 is 2.22 bits per heavy atom. The Labute approximate surface area is 161 Å². The van der Waals surface area contributed by atoms with Gasteiger partial charge in [0.15, 0.2) is 0 Å². The molecule has 6 nitrogen and oxygen atoms in total. The smallest absolute Gasteiger partial charge is 0.307 e. The van der Waals surface area contributed by atoms with Crippen molar-refractivity contribution in [2.24, 2.45) is 0 Å². The summed E-state index contributed by atoms with van der Waals surface area (Å²) in [6.45, 7) is 1.98. The summed E-state index contributed by atoms with van der Waals surface area (Å²) in [5, 5.41) is 2.81. The molecule has 1 aromatic rings. The van der Waals surface area contributed by atoms with Gasteiger partial charge in [0.05, 0.1) is 5.75 Å². The van der Waals surface area contributed by atoms with E-state index < -0.39 is 16.1 Å². The predicted molar refractivity (Wildman–Crippen MR) is 106 cm³/mol. The molecule has 0 bridgehead atoms. The number of anilines is 1. The molecule has 3 rings (SSSR count). The van der Waals surface area contributed by atoms with Gasteiger partial charge < -0.3 is 5.32 Å². The lowest BCUT2D eigenvalue weighted by Gasteiger charge is -2.16. The van der Waals surface area contributed by atoms with Crippen molar-refractivity contribution in [3.05, 3.63) is 28.3 Å². The van der Waals surface area contributed by atoms with E-state index in [4.69, 9.17) is 0 Å². The molecule has 0 saturated carbocycles. The van der Waals surface area contributed by atoms with E-state index in [9.17, 15) is 18.0 Å².